The maximum absolute atomic E-state index is 13.7. The van der Waals surface area contributed by atoms with E-state index in [-0.39, 0.29) is 17.0 Å². The molecule has 0 bridgehead atoms. The first-order chi connectivity index (χ1) is 11.6. The summed E-state index contributed by atoms with van der Waals surface area (Å²) in [4.78, 5) is 14.1. The number of nitrogens with one attached hydrogen (secondary N) is 1. The zero-order valence-corrected chi connectivity index (χ0v) is 14.6. The second kappa shape index (κ2) is 7.90. The van der Waals surface area contributed by atoms with E-state index in [1.165, 1.54) is 6.07 Å². The summed E-state index contributed by atoms with van der Waals surface area (Å²) in [5, 5.41) is 3.68. The number of carbonyl (C=O) groups is 1. The molecule has 1 N–H and O–H groups in total. The van der Waals surface area contributed by atoms with Gasteiger partial charge in [-0.05, 0) is 30.2 Å². The lowest BCUT2D eigenvalue weighted by Crippen LogP contribution is -2.36. The van der Waals surface area contributed by atoms with Gasteiger partial charge in [0.05, 0.1) is 5.69 Å². The Morgan fingerprint density at radius 3 is 2.71 bits per heavy atom. The topological polar surface area (TPSA) is 32.3 Å². The van der Waals surface area contributed by atoms with Crippen LogP contribution in [0.25, 0.3) is 0 Å². The van der Waals surface area contributed by atoms with E-state index in [0.29, 0.717) is 13.1 Å². The van der Waals surface area contributed by atoms with Crippen LogP contribution in [0.2, 0.25) is 5.02 Å². The van der Waals surface area contributed by atoms with Crippen molar-refractivity contribution >= 4 is 35.1 Å². The quantitative estimate of drug-likeness (QED) is 0.795. The molecule has 0 aliphatic carbocycles. The summed E-state index contributed by atoms with van der Waals surface area (Å²) in [5.74, 6) is 0.393. The predicted molar refractivity (Wildman–Crippen MR) is 98.3 cm³/mol. The summed E-state index contributed by atoms with van der Waals surface area (Å²) in [6.45, 7) is 1.25. The second-order valence-electron chi connectivity index (χ2n) is 5.57. The first kappa shape index (κ1) is 17.1. The smallest absolute Gasteiger partial charge is 0.321 e. The Morgan fingerprint density at radius 2 is 1.92 bits per heavy atom. The zero-order valence-electron chi connectivity index (χ0n) is 13.0. The van der Waals surface area contributed by atoms with E-state index in [2.05, 4.69) is 5.32 Å². The Morgan fingerprint density at radius 1 is 1.17 bits per heavy atom. The fraction of sp³-hybridized carbons (Fsp3) is 0.278. The normalized spacial score (nSPS) is 18.1. The zero-order chi connectivity index (χ0) is 16.9. The van der Waals surface area contributed by atoms with Gasteiger partial charge in [-0.1, -0.05) is 41.9 Å². The second-order valence-corrected chi connectivity index (χ2v) is 7.28. The molecule has 1 fully saturated rings. The number of benzene rings is 2. The van der Waals surface area contributed by atoms with Gasteiger partial charge in [0.15, 0.2) is 0 Å². The fourth-order valence-electron chi connectivity index (χ4n) is 2.71. The Hall–Kier alpha value is -1.72. The van der Waals surface area contributed by atoms with Gasteiger partial charge < -0.3 is 10.2 Å². The molecule has 2 amide bonds. The number of urea groups is 1. The maximum Gasteiger partial charge on any atom is 0.321 e. The van der Waals surface area contributed by atoms with Gasteiger partial charge in [0.1, 0.15) is 5.82 Å². The largest absolute Gasteiger partial charge is 0.324 e. The molecule has 0 saturated carbocycles. The average molecular weight is 365 g/mol. The van der Waals surface area contributed by atoms with Gasteiger partial charge in [-0.15, -0.1) is 0 Å². The van der Waals surface area contributed by atoms with Crippen molar-refractivity contribution < 1.29 is 9.18 Å². The molecule has 0 radical (unpaired) electrons. The van der Waals surface area contributed by atoms with Crippen molar-refractivity contribution in [2.75, 3.05) is 24.2 Å². The van der Waals surface area contributed by atoms with Crippen molar-refractivity contribution in [3.05, 3.63) is 64.9 Å². The maximum atomic E-state index is 13.7. The van der Waals surface area contributed by atoms with Crippen LogP contribution in [-0.4, -0.2) is 29.8 Å². The van der Waals surface area contributed by atoms with Crippen LogP contribution in [0.15, 0.2) is 48.5 Å². The van der Waals surface area contributed by atoms with Gasteiger partial charge in [0.2, 0.25) is 0 Å². The van der Waals surface area contributed by atoms with Crippen LogP contribution < -0.4 is 5.32 Å². The molecule has 1 heterocycles. The standard InChI is InChI=1S/C18H18ClFN2OS/c19-14-6-2-1-5-13(14)17-9-10-22(11-12-24-17)18(23)21-16-8-4-3-7-15(16)20/h1-8,17H,9-12H2,(H,21,23)/t17-/m0/s1. The number of halogens is 2. The number of carbonyl (C=O) groups excluding carboxylic acids is 1. The van der Waals surface area contributed by atoms with Gasteiger partial charge in [0, 0.05) is 29.1 Å². The monoisotopic (exact) mass is 364 g/mol. The first-order valence-electron chi connectivity index (χ1n) is 7.81. The Balaban J connectivity index is 1.64. The van der Waals surface area contributed by atoms with Crippen molar-refractivity contribution in [1.82, 2.24) is 4.90 Å². The van der Waals surface area contributed by atoms with Crippen LogP contribution >= 0.6 is 23.4 Å². The summed E-state index contributed by atoms with van der Waals surface area (Å²) in [6, 6.07) is 13.8. The summed E-state index contributed by atoms with van der Waals surface area (Å²) >= 11 is 8.09. The molecule has 3 nitrogen and oxygen atoms in total. The molecule has 2 aromatic carbocycles. The molecular weight excluding hydrogens is 347 g/mol. The van der Waals surface area contributed by atoms with Crippen molar-refractivity contribution in [2.24, 2.45) is 0 Å². The van der Waals surface area contributed by atoms with Crippen molar-refractivity contribution in [3.63, 3.8) is 0 Å². The lowest BCUT2D eigenvalue weighted by atomic mass is 10.1. The van der Waals surface area contributed by atoms with E-state index >= 15 is 0 Å². The van der Waals surface area contributed by atoms with Crippen LogP contribution in [0, 0.1) is 5.82 Å². The van der Waals surface area contributed by atoms with Crippen LogP contribution in [0.1, 0.15) is 17.2 Å². The third-order valence-electron chi connectivity index (χ3n) is 4.00. The van der Waals surface area contributed by atoms with E-state index in [1.54, 1.807) is 34.9 Å². The van der Waals surface area contributed by atoms with Gasteiger partial charge in [-0.2, -0.15) is 11.8 Å². The molecule has 0 spiro atoms. The van der Waals surface area contributed by atoms with Crippen molar-refractivity contribution in [1.29, 1.82) is 0 Å². The number of hydrogen-bond donors (Lipinski definition) is 1. The van der Waals surface area contributed by atoms with Crippen molar-refractivity contribution in [3.8, 4) is 0 Å². The summed E-state index contributed by atoms with van der Waals surface area (Å²) in [5.41, 5.74) is 1.32. The number of hydrogen-bond acceptors (Lipinski definition) is 2. The summed E-state index contributed by atoms with van der Waals surface area (Å²) in [6.07, 6.45) is 0.819. The molecule has 2 aromatic rings. The molecule has 24 heavy (non-hydrogen) atoms. The Bertz CT molecular complexity index is 728. The van der Waals surface area contributed by atoms with Crippen LogP contribution in [0.5, 0.6) is 0 Å². The minimum absolute atomic E-state index is 0.210. The van der Waals surface area contributed by atoms with E-state index in [4.69, 9.17) is 11.6 Å². The fourth-order valence-corrected chi connectivity index (χ4v) is 4.31. The molecule has 126 valence electrons. The van der Waals surface area contributed by atoms with Crippen LogP contribution in [-0.2, 0) is 0 Å². The van der Waals surface area contributed by atoms with Gasteiger partial charge in [-0.3, -0.25) is 0 Å². The Labute approximate surface area is 150 Å². The van der Waals surface area contributed by atoms with Crippen LogP contribution in [0.4, 0.5) is 14.9 Å². The number of anilines is 1. The molecule has 1 atom stereocenters. The molecule has 1 aliphatic heterocycles. The molecule has 1 saturated heterocycles. The summed E-state index contributed by atoms with van der Waals surface area (Å²) < 4.78 is 13.7. The van der Waals surface area contributed by atoms with Crippen molar-refractivity contribution in [2.45, 2.75) is 11.7 Å². The van der Waals surface area contributed by atoms with E-state index in [0.717, 1.165) is 22.8 Å². The highest BCUT2D eigenvalue weighted by atomic mass is 35.5. The molecule has 0 aromatic heterocycles. The number of amides is 2. The van der Waals surface area contributed by atoms with Gasteiger partial charge >= 0.3 is 6.03 Å². The summed E-state index contributed by atoms with van der Waals surface area (Å²) in [7, 11) is 0. The number of thioether (sulfide) groups is 1. The molecule has 3 rings (SSSR count). The molecule has 1 aliphatic rings. The number of para-hydroxylation sites is 1. The minimum atomic E-state index is -0.427. The van der Waals surface area contributed by atoms with Crippen LogP contribution in [0.3, 0.4) is 0 Å². The first-order valence-corrected chi connectivity index (χ1v) is 9.24. The lowest BCUT2D eigenvalue weighted by Gasteiger charge is -2.21. The predicted octanol–water partition coefficient (Wildman–Crippen LogP) is 5.19. The Kier molecular flexibility index (Phi) is 5.63. The average Bonchev–Trinajstić information content (AvgIpc) is 2.83. The molecule has 6 heteroatoms. The van der Waals surface area contributed by atoms with E-state index in [1.807, 2.05) is 24.3 Å². The molecular formula is C18H18ClFN2OS. The van der Waals surface area contributed by atoms with E-state index in [9.17, 15) is 9.18 Å². The highest BCUT2D eigenvalue weighted by Gasteiger charge is 2.23. The highest BCUT2D eigenvalue weighted by molar-refractivity contribution is 7.99. The van der Waals surface area contributed by atoms with E-state index < -0.39 is 5.82 Å². The van der Waals surface area contributed by atoms with Gasteiger partial charge in [0.25, 0.3) is 0 Å². The minimum Gasteiger partial charge on any atom is -0.324 e. The molecule has 0 unspecified atom stereocenters. The van der Waals surface area contributed by atoms with Gasteiger partial charge in [-0.25, -0.2) is 9.18 Å². The SMILES string of the molecule is O=C(Nc1ccccc1F)N1CCS[C@H](c2ccccc2Cl)CC1. The highest BCUT2D eigenvalue weighted by Crippen LogP contribution is 2.37. The number of rotatable bonds is 2. The lowest BCUT2D eigenvalue weighted by molar-refractivity contribution is 0.215. The third kappa shape index (κ3) is 4.02. The third-order valence-corrected chi connectivity index (χ3v) is 5.65. The number of nitrogens with zero attached hydrogens (tertiary/aromatic N) is 1.